The molecule has 2 aromatic rings. The van der Waals surface area contributed by atoms with Gasteiger partial charge in [0.05, 0.1) is 11.4 Å². The second-order valence-electron chi connectivity index (χ2n) is 3.43. The Bertz CT molecular complexity index is 553. The summed E-state index contributed by atoms with van der Waals surface area (Å²) in [6.45, 7) is 1.70. The van der Waals surface area contributed by atoms with Crippen molar-refractivity contribution in [2.75, 3.05) is 0 Å². The van der Waals surface area contributed by atoms with Crippen molar-refractivity contribution in [3.63, 3.8) is 0 Å². The highest BCUT2D eigenvalue weighted by atomic mass is 16.1. The zero-order chi connectivity index (χ0) is 11.7. The van der Waals surface area contributed by atoms with Crippen molar-refractivity contribution in [2.24, 2.45) is 7.05 Å². The third-order valence-corrected chi connectivity index (χ3v) is 2.40. The van der Waals surface area contributed by atoms with Crippen LogP contribution in [0, 0.1) is 6.92 Å². The molecule has 2 heterocycles. The number of rotatable bonds is 3. The number of nitrogens with one attached hydrogen (secondary N) is 1. The van der Waals surface area contributed by atoms with Gasteiger partial charge in [0.1, 0.15) is 6.33 Å². The van der Waals surface area contributed by atoms with Crippen LogP contribution >= 0.6 is 0 Å². The van der Waals surface area contributed by atoms with Crippen LogP contribution in [-0.2, 0) is 7.05 Å². The number of nitrogens with zero attached hydrogens (tertiary/aromatic N) is 3. The lowest BCUT2D eigenvalue weighted by atomic mass is 10.1. The Morgan fingerprint density at radius 1 is 1.38 bits per heavy atom. The second-order valence-corrected chi connectivity index (χ2v) is 3.43. The van der Waals surface area contributed by atoms with Gasteiger partial charge in [-0.25, -0.2) is 4.98 Å². The smallest absolute Gasteiger partial charge is 0.198 e. The average molecular weight is 218 g/mol. The minimum absolute atomic E-state index is 0.379. The van der Waals surface area contributed by atoms with E-state index in [2.05, 4.69) is 15.1 Å². The highest BCUT2D eigenvalue weighted by Crippen LogP contribution is 2.22. The zero-order valence-electron chi connectivity index (χ0n) is 8.89. The quantitative estimate of drug-likeness (QED) is 0.770. The summed E-state index contributed by atoms with van der Waals surface area (Å²) in [4.78, 5) is 28.6. The first kappa shape index (κ1) is 10.3. The molecule has 0 unspecified atom stereocenters. The lowest BCUT2D eigenvalue weighted by molar-refractivity contribution is 0.111. The fourth-order valence-electron chi connectivity index (χ4n) is 1.52. The number of hydrogen-bond acceptors (Lipinski definition) is 4. The van der Waals surface area contributed by atoms with E-state index >= 15 is 0 Å². The Balaban J connectivity index is 2.64. The molecule has 0 radical (unpaired) electrons. The Morgan fingerprint density at radius 3 is 2.62 bits per heavy atom. The largest absolute Gasteiger partial charge is 0.349 e. The summed E-state index contributed by atoms with van der Waals surface area (Å²) in [6, 6.07) is 0. The predicted molar refractivity (Wildman–Crippen MR) is 56.3 cm³/mol. The molecular weight excluding hydrogens is 208 g/mol. The second kappa shape index (κ2) is 3.73. The van der Waals surface area contributed by atoms with Gasteiger partial charge in [0.25, 0.3) is 0 Å². The lowest BCUT2D eigenvalue weighted by Gasteiger charge is -1.92. The molecule has 0 spiro atoms. The van der Waals surface area contributed by atoms with Gasteiger partial charge in [-0.2, -0.15) is 0 Å². The van der Waals surface area contributed by atoms with Crippen LogP contribution in [0.3, 0.4) is 0 Å². The highest BCUT2D eigenvalue weighted by molar-refractivity contribution is 5.91. The number of aryl methyl sites for hydroxylation is 1. The van der Waals surface area contributed by atoms with E-state index in [0.29, 0.717) is 40.9 Å². The lowest BCUT2D eigenvalue weighted by Crippen LogP contribution is -1.91. The van der Waals surface area contributed by atoms with E-state index in [9.17, 15) is 9.59 Å². The van der Waals surface area contributed by atoms with Crippen LogP contribution in [0.15, 0.2) is 6.33 Å². The van der Waals surface area contributed by atoms with Gasteiger partial charge >= 0.3 is 0 Å². The summed E-state index contributed by atoms with van der Waals surface area (Å²) in [5.74, 6) is 0.404. The average Bonchev–Trinajstić information content (AvgIpc) is 2.82. The van der Waals surface area contributed by atoms with Crippen LogP contribution in [0.4, 0.5) is 0 Å². The molecule has 0 atom stereocenters. The topological polar surface area (TPSA) is 80.6 Å². The van der Waals surface area contributed by atoms with E-state index in [-0.39, 0.29) is 0 Å². The van der Waals surface area contributed by atoms with Crippen molar-refractivity contribution in [2.45, 2.75) is 6.92 Å². The van der Waals surface area contributed by atoms with Crippen molar-refractivity contribution in [3.05, 3.63) is 23.1 Å². The molecule has 0 aliphatic heterocycles. The van der Waals surface area contributed by atoms with E-state index in [1.807, 2.05) is 0 Å². The van der Waals surface area contributed by atoms with Gasteiger partial charge in [-0.15, -0.1) is 5.10 Å². The van der Waals surface area contributed by atoms with Gasteiger partial charge in [-0.1, -0.05) is 0 Å². The molecule has 1 N–H and O–H groups in total. The summed E-state index contributed by atoms with van der Waals surface area (Å²) >= 11 is 0. The molecule has 0 aliphatic carbocycles. The first-order valence-electron chi connectivity index (χ1n) is 4.66. The van der Waals surface area contributed by atoms with Crippen LogP contribution in [0.2, 0.25) is 0 Å². The van der Waals surface area contributed by atoms with Crippen molar-refractivity contribution < 1.29 is 9.59 Å². The molecule has 0 amide bonds. The monoisotopic (exact) mass is 218 g/mol. The van der Waals surface area contributed by atoms with Crippen LogP contribution in [0.25, 0.3) is 11.5 Å². The summed E-state index contributed by atoms with van der Waals surface area (Å²) in [5, 5.41) is 4.08. The maximum absolute atomic E-state index is 11.0. The third kappa shape index (κ3) is 1.44. The number of H-pyrrole nitrogens is 1. The minimum atomic E-state index is 0.379. The number of hydrogen-bond donors (Lipinski definition) is 1. The molecule has 0 fully saturated rings. The Kier molecular flexibility index (Phi) is 2.40. The molecule has 2 rings (SSSR count). The number of aromatic nitrogens is 4. The number of carbonyl (C=O) groups is 2. The van der Waals surface area contributed by atoms with Crippen LogP contribution in [-0.4, -0.2) is 32.3 Å². The Hall–Kier alpha value is -2.24. The summed E-state index contributed by atoms with van der Waals surface area (Å²) < 4.78 is 1.53. The number of aromatic amines is 1. The standard InChI is InChI=1S/C10H10N4O2/c1-6-7(3-15)9(12-8(6)4-16)10-11-5-14(2)13-10/h3-5,12H,1-2H3. The maximum atomic E-state index is 11.0. The first-order valence-corrected chi connectivity index (χ1v) is 4.66. The fraction of sp³-hybridized carbons (Fsp3) is 0.200. The normalized spacial score (nSPS) is 10.4. The number of aldehydes is 2. The third-order valence-electron chi connectivity index (χ3n) is 2.40. The molecule has 0 aliphatic rings. The van der Waals surface area contributed by atoms with Crippen molar-refractivity contribution >= 4 is 12.6 Å². The van der Waals surface area contributed by atoms with Crippen LogP contribution in [0.1, 0.15) is 26.4 Å². The molecule has 0 saturated carbocycles. The van der Waals surface area contributed by atoms with E-state index < -0.39 is 0 Å². The molecule has 0 aromatic carbocycles. The van der Waals surface area contributed by atoms with Crippen LogP contribution < -0.4 is 0 Å². The molecule has 6 heteroatoms. The van der Waals surface area contributed by atoms with E-state index in [4.69, 9.17) is 0 Å². The van der Waals surface area contributed by atoms with Gasteiger partial charge in [-0.3, -0.25) is 14.3 Å². The molecule has 82 valence electrons. The SMILES string of the molecule is Cc1c(C=O)[nH]c(-c2ncn(C)n2)c1C=O. The molecule has 16 heavy (non-hydrogen) atoms. The summed E-state index contributed by atoms with van der Waals surface area (Å²) in [7, 11) is 1.73. The summed E-state index contributed by atoms with van der Waals surface area (Å²) in [5.41, 5.74) is 1.90. The highest BCUT2D eigenvalue weighted by Gasteiger charge is 2.17. The van der Waals surface area contributed by atoms with E-state index in [0.717, 1.165) is 0 Å². The maximum Gasteiger partial charge on any atom is 0.198 e. The van der Waals surface area contributed by atoms with Gasteiger partial charge in [-0.05, 0) is 12.5 Å². The minimum Gasteiger partial charge on any atom is -0.349 e. The van der Waals surface area contributed by atoms with Gasteiger partial charge in [0.2, 0.25) is 0 Å². The Morgan fingerprint density at radius 2 is 2.12 bits per heavy atom. The van der Waals surface area contributed by atoms with E-state index in [1.165, 1.54) is 11.0 Å². The van der Waals surface area contributed by atoms with Crippen molar-refractivity contribution in [1.29, 1.82) is 0 Å². The van der Waals surface area contributed by atoms with E-state index in [1.54, 1.807) is 14.0 Å². The molecule has 0 saturated heterocycles. The van der Waals surface area contributed by atoms with Crippen LogP contribution in [0.5, 0.6) is 0 Å². The van der Waals surface area contributed by atoms with Crippen molar-refractivity contribution in [1.82, 2.24) is 19.7 Å². The first-order chi connectivity index (χ1) is 7.67. The number of carbonyl (C=O) groups excluding carboxylic acids is 2. The van der Waals surface area contributed by atoms with Gasteiger partial charge < -0.3 is 4.98 Å². The van der Waals surface area contributed by atoms with Gasteiger partial charge in [0.15, 0.2) is 18.4 Å². The zero-order valence-corrected chi connectivity index (χ0v) is 8.89. The molecule has 2 aromatic heterocycles. The molecule has 6 nitrogen and oxygen atoms in total. The van der Waals surface area contributed by atoms with Crippen molar-refractivity contribution in [3.8, 4) is 11.5 Å². The predicted octanol–water partition coefficient (Wildman–Crippen LogP) is 0.744. The molecular formula is C10H10N4O2. The Labute approximate surface area is 91.3 Å². The van der Waals surface area contributed by atoms with Gasteiger partial charge in [0, 0.05) is 12.6 Å². The summed E-state index contributed by atoms with van der Waals surface area (Å²) in [6.07, 6.45) is 2.90. The fourth-order valence-corrected chi connectivity index (χ4v) is 1.52. The molecule has 0 bridgehead atoms.